The van der Waals surface area contributed by atoms with Gasteiger partial charge in [-0.2, -0.15) is 0 Å². The number of aliphatic hydroxyl groups is 2. The van der Waals surface area contributed by atoms with Gasteiger partial charge in [0, 0.05) is 29.8 Å². The number of phenolic OH excluding ortho intramolecular Hbond substituents is 5. The van der Waals surface area contributed by atoms with E-state index in [4.69, 9.17) is 23.4 Å². The van der Waals surface area contributed by atoms with Gasteiger partial charge in [0.15, 0.2) is 18.0 Å². The van der Waals surface area contributed by atoms with Crippen molar-refractivity contribution in [1.29, 1.82) is 0 Å². The Balaban J connectivity index is 1.32. The molecule has 4 aromatic carbocycles. The van der Waals surface area contributed by atoms with Crippen LogP contribution in [0.5, 0.6) is 34.5 Å². The Hall–Kier alpha value is -6.81. The van der Waals surface area contributed by atoms with E-state index >= 15 is 0 Å². The molecule has 0 amide bonds. The van der Waals surface area contributed by atoms with E-state index in [1.54, 1.807) is 12.1 Å². The third-order valence-electron chi connectivity index (χ3n) is 8.18. The largest absolute Gasteiger partial charge is 0.508 e. The summed E-state index contributed by atoms with van der Waals surface area (Å²) >= 11 is 0. The lowest BCUT2D eigenvalue weighted by Gasteiger charge is -2.41. The zero-order valence-corrected chi connectivity index (χ0v) is 27.9. The Morgan fingerprint density at radius 2 is 1.26 bits per heavy atom. The highest BCUT2D eigenvalue weighted by molar-refractivity contribution is 5.89. The fourth-order valence-electron chi connectivity index (χ4n) is 5.46. The van der Waals surface area contributed by atoms with E-state index in [9.17, 15) is 50.1 Å². The molecule has 1 aliphatic rings. The summed E-state index contributed by atoms with van der Waals surface area (Å²) in [6.45, 7) is -0.666. The fraction of sp³-hybridized carbons (Fsp3) is 0.154. The van der Waals surface area contributed by atoms with E-state index in [-0.39, 0.29) is 34.2 Å². The number of hydrogen-bond acceptors (Lipinski definition) is 15. The van der Waals surface area contributed by atoms with Crippen molar-refractivity contribution in [3.05, 3.63) is 118 Å². The molecule has 0 bridgehead atoms. The van der Waals surface area contributed by atoms with Crippen molar-refractivity contribution in [1.82, 2.24) is 0 Å². The van der Waals surface area contributed by atoms with Crippen LogP contribution in [0, 0.1) is 0 Å². The van der Waals surface area contributed by atoms with Gasteiger partial charge in [-0.15, -0.1) is 0 Å². The molecule has 0 radical (unpaired) electrons. The molecule has 1 saturated heterocycles. The molecular weight excluding hydrogens is 708 g/mol. The molecule has 6 rings (SSSR count). The van der Waals surface area contributed by atoms with Crippen LogP contribution in [0.1, 0.15) is 11.1 Å². The van der Waals surface area contributed by atoms with Gasteiger partial charge in [0.25, 0.3) is 0 Å². The summed E-state index contributed by atoms with van der Waals surface area (Å²) in [6.07, 6.45) is -4.24. The smallest absolute Gasteiger partial charge is 0.331 e. The summed E-state index contributed by atoms with van der Waals surface area (Å²) < 4.78 is 28.3. The van der Waals surface area contributed by atoms with Crippen LogP contribution < -0.4 is 10.2 Å². The summed E-state index contributed by atoms with van der Waals surface area (Å²) in [7, 11) is 0. The van der Waals surface area contributed by atoms with E-state index in [2.05, 4.69) is 0 Å². The van der Waals surface area contributed by atoms with Crippen molar-refractivity contribution >= 4 is 35.1 Å². The van der Waals surface area contributed by atoms with Gasteiger partial charge in [-0.1, -0.05) is 24.3 Å². The highest BCUT2D eigenvalue weighted by Crippen LogP contribution is 2.38. The minimum absolute atomic E-state index is 0.000756. The molecular formula is C39H32O15. The summed E-state index contributed by atoms with van der Waals surface area (Å²) in [4.78, 5) is 39.5. The van der Waals surface area contributed by atoms with Crippen LogP contribution in [0.25, 0.3) is 34.4 Å². The SMILES string of the molecule is O=C(/C=C/c1ccc(O)cc1)OC[C@@H]1O[C@H](Oc2c(-c3ccc(O)cc3)oc3cc(O)cc(O)c3c2=O)[C@@H](O)[C@H](OC(=O)/C=C/c2ccc(O)cc2)[C@H]1O. The number of rotatable bonds is 10. The summed E-state index contributed by atoms with van der Waals surface area (Å²) in [6, 6.07) is 19.0. The predicted molar refractivity (Wildman–Crippen MR) is 189 cm³/mol. The first kappa shape index (κ1) is 37.0. The maximum absolute atomic E-state index is 13.9. The summed E-state index contributed by atoms with van der Waals surface area (Å²) in [5.74, 6) is -4.01. The topological polar surface area (TPSA) is 243 Å². The molecule has 5 aromatic rings. The fourth-order valence-corrected chi connectivity index (χ4v) is 5.46. The Morgan fingerprint density at radius 3 is 1.85 bits per heavy atom. The van der Waals surface area contributed by atoms with Crippen LogP contribution in [0.15, 0.2) is 106 Å². The number of benzene rings is 4. The zero-order chi connectivity index (χ0) is 38.5. The Bertz CT molecular complexity index is 2260. The number of carbonyl (C=O) groups excluding carboxylic acids is 2. The first-order chi connectivity index (χ1) is 25.9. The Labute approximate surface area is 305 Å². The van der Waals surface area contributed by atoms with Gasteiger partial charge < -0.3 is 59.1 Å². The molecule has 1 aliphatic heterocycles. The van der Waals surface area contributed by atoms with E-state index < -0.39 is 77.3 Å². The molecule has 0 saturated carbocycles. The predicted octanol–water partition coefficient (Wildman–Crippen LogP) is 3.70. The average Bonchev–Trinajstić information content (AvgIpc) is 3.14. The highest BCUT2D eigenvalue weighted by atomic mass is 16.7. The molecule has 278 valence electrons. The molecule has 0 spiro atoms. The lowest BCUT2D eigenvalue weighted by atomic mass is 9.98. The van der Waals surface area contributed by atoms with Gasteiger partial charge in [-0.05, 0) is 71.8 Å². The lowest BCUT2D eigenvalue weighted by Crippen LogP contribution is -2.61. The molecule has 0 unspecified atom stereocenters. The van der Waals surface area contributed by atoms with Crippen molar-refractivity contribution in [2.75, 3.05) is 6.61 Å². The second-order valence-corrected chi connectivity index (χ2v) is 12.0. The lowest BCUT2D eigenvalue weighted by molar-refractivity contribution is -0.281. The minimum atomic E-state index is -2.00. The Kier molecular flexibility index (Phi) is 10.8. The molecule has 0 aliphatic carbocycles. The van der Waals surface area contributed by atoms with Gasteiger partial charge in [-0.25, -0.2) is 9.59 Å². The van der Waals surface area contributed by atoms with Crippen molar-refractivity contribution < 1.29 is 68.7 Å². The number of aliphatic hydroxyl groups excluding tert-OH is 2. The van der Waals surface area contributed by atoms with Gasteiger partial charge in [-0.3, -0.25) is 4.79 Å². The van der Waals surface area contributed by atoms with Crippen LogP contribution in [0.3, 0.4) is 0 Å². The number of phenols is 5. The van der Waals surface area contributed by atoms with E-state index in [1.807, 2.05) is 0 Å². The minimum Gasteiger partial charge on any atom is -0.508 e. The molecule has 15 nitrogen and oxygen atoms in total. The van der Waals surface area contributed by atoms with Crippen molar-refractivity contribution in [3.8, 4) is 45.8 Å². The second-order valence-electron chi connectivity index (χ2n) is 12.0. The summed E-state index contributed by atoms with van der Waals surface area (Å²) in [5, 5.41) is 71.7. The normalized spacial score (nSPS) is 19.9. The molecule has 54 heavy (non-hydrogen) atoms. The first-order valence-corrected chi connectivity index (χ1v) is 16.2. The Morgan fingerprint density at radius 1 is 0.704 bits per heavy atom. The van der Waals surface area contributed by atoms with Crippen LogP contribution in [0.2, 0.25) is 0 Å². The third-order valence-corrected chi connectivity index (χ3v) is 8.18. The number of aromatic hydroxyl groups is 5. The van der Waals surface area contributed by atoms with E-state index in [1.165, 1.54) is 72.8 Å². The standard InChI is InChI=1S/C39H32O15/c40-23-9-1-20(2-10-23)5-15-30(45)50-19-29-33(47)37(53-31(46)16-6-21-3-11-24(41)12-4-21)35(49)39(52-29)54-38-34(48)32-27(44)17-26(43)18-28(32)51-36(38)22-7-13-25(42)14-8-22/h1-18,29,33,35,37,39-44,47,49H,19H2/b15-5+,16-6+/t29-,33-,35-,37+,39+/m0/s1. The molecule has 5 atom stereocenters. The quantitative estimate of drug-likeness (QED) is 0.0798. The summed E-state index contributed by atoms with van der Waals surface area (Å²) in [5.41, 5.74) is 0.00793. The van der Waals surface area contributed by atoms with Crippen LogP contribution >= 0.6 is 0 Å². The number of hydrogen-bond donors (Lipinski definition) is 7. The number of esters is 2. The van der Waals surface area contributed by atoms with E-state index in [0.29, 0.717) is 11.1 Å². The maximum Gasteiger partial charge on any atom is 0.331 e. The van der Waals surface area contributed by atoms with Crippen molar-refractivity contribution in [2.45, 2.75) is 30.7 Å². The molecule has 1 aromatic heterocycles. The van der Waals surface area contributed by atoms with Crippen LogP contribution in [-0.4, -0.2) is 85.0 Å². The maximum atomic E-state index is 13.9. The van der Waals surface area contributed by atoms with Gasteiger partial charge in [0.2, 0.25) is 17.5 Å². The monoisotopic (exact) mass is 740 g/mol. The van der Waals surface area contributed by atoms with Crippen LogP contribution in [0.4, 0.5) is 0 Å². The van der Waals surface area contributed by atoms with Gasteiger partial charge in [0.05, 0.1) is 0 Å². The van der Waals surface area contributed by atoms with Gasteiger partial charge in [0.1, 0.15) is 58.5 Å². The van der Waals surface area contributed by atoms with Crippen molar-refractivity contribution in [3.63, 3.8) is 0 Å². The van der Waals surface area contributed by atoms with E-state index in [0.717, 1.165) is 24.3 Å². The van der Waals surface area contributed by atoms with Gasteiger partial charge >= 0.3 is 11.9 Å². The molecule has 2 heterocycles. The third kappa shape index (κ3) is 8.45. The second kappa shape index (κ2) is 15.8. The number of fused-ring (bicyclic) bond motifs is 1. The molecule has 7 N–H and O–H groups in total. The number of ether oxygens (including phenoxy) is 4. The van der Waals surface area contributed by atoms with Crippen molar-refractivity contribution in [2.24, 2.45) is 0 Å². The van der Waals surface area contributed by atoms with Crippen LogP contribution in [-0.2, 0) is 23.8 Å². The highest BCUT2D eigenvalue weighted by Gasteiger charge is 2.49. The zero-order valence-electron chi connectivity index (χ0n) is 27.9. The first-order valence-electron chi connectivity index (χ1n) is 16.2. The molecule has 15 heteroatoms. The molecule has 1 fully saturated rings. The number of carbonyl (C=O) groups is 2. The average molecular weight is 741 g/mol.